The minimum atomic E-state index is -0.855. The fourth-order valence-corrected chi connectivity index (χ4v) is 4.23. The van der Waals surface area contributed by atoms with Crippen LogP contribution in [0.2, 0.25) is 0 Å². The van der Waals surface area contributed by atoms with E-state index in [-0.39, 0.29) is 18.4 Å². The number of carboxylic acids is 1. The van der Waals surface area contributed by atoms with E-state index in [1.165, 1.54) is 11.3 Å². The SMILES string of the molecule is C=CCC1=C(Nc2ccc(CC(=O)O)cc2)NC(c2ccc(NC(=O)CCC)s2)=NC1C. The number of hydrogen-bond acceptors (Lipinski definition) is 6. The molecule has 168 valence electrons. The Hall–Kier alpha value is -3.39. The first kappa shape index (κ1) is 23.3. The summed E-state index contributed by atoms with van der Waals surface area (Å²) in [5.74, 6) is 0.718. The fraction of sp³-hybridized carbons (Fsp3) is 0.292. The van der Waals surface area contributed by atoms with Crippen LogP contribution in [0, 0.1) is 0 Å². The molecule has 8 heteroatoms. The highest BCUT2D eigenvalue weighted by Crippen LogP contribution is 2.27. The summed E-state index contributed by atoms with van der Waals surface area (Å²) in [4.78, 5) is 28.5. The lowest BCUT2D eigenvalue weighted by molar-refractivity contribution is -0.136. The summed E-state index contributed by atoms with van der Waals surface area (Å²) in [6.45, 7) is 7.87. The van der Waals surface area contributed by atoms with Crippen molar-refractivity contribution in [2.24, 2.45) is 4.99 Å². The summed E-state index contributed by atoms with van der Waals surface area (Å²) < 4.78 is 0. The zero-order chi connectivity index (χ0) is 23.1. The van der Waals surface area contributed by atoms with E-state index < -0.39 is 5.97 Å². The van der Waals surface area contributed by atoms with Gasteiger partial charge in [-0.15, -0.1) is 17.9 Å². The number of thiophene rings is 1. The molecule has 0 saturated carbocycles. The van der Waals surface area contributed by atoms with Gasteiger partial charge in [-0.05, 0) is 55.2 Å². The minimum absolute atomic E-state index is 0.00765. The zero-order valence-electron chi connectivity index (χ0n) is 18.3. The Kier molecular flexibility index (Phi) is 7.83. The topological polar surface area (TPSA) is 103 Å². The van der Waals surface area contributed by atoms with Crippen LogP contribution in [-0.2, 0) is 16.0 Å². The Balaban J connectivity index is 1.78. The molecular formula is C24H28N4O3S. The van der Waals surface area contributed by atoms with Crippen molar-refractivity contribution in [3.8, 4) is 0 Å². The van der Waals surface area contributed by atoms with Crippen molar-refractivity contribution in [1.82, 2.24) is 5.32 Å². The lowest BCUT2D eigenvalue weighted by Gasteiger charge is -2.26. The van der Waals surface area contributed by atoms with E-state index in [0.717, 1.165) is 44.8 Å². The van der Waals surface area contributed by atoms with Gasteiger partial charge in [0.25, 0.3) is 0 Å². The highest BCUT2D eigenvalue weighted by Gasteiger charge is 2.22. The third-order valence-electron chi connectivity index (χ3n) is 4.91. The van der Waals surface area contributed by atoms with Crippen molar-refractivity contribution >= 4 is 39.7 Å². The molecule has 7 nitrogen and oxygen atoms in total. The maximum absolute atomic E-state index is 11.9. The predicted molar refractivity (Wildman–Crippen MR) is 130 cm³/mol. The van der Waals surface area contributed by atoms with E-state index in [1.54, 1.807) is 12.1 Å². The lowest BCUT2D eigenvalue weighted by Crippen LogP contribution is -2.35. The molecule has 3 rings (SSSR count). The van der Waals surface area contributed by atoms with E-state index >= 15 is 0 Å². The van der Waals surface area contributed by atoms with E-state index in [4.69, 9.17) is 10.1 Å². The lowest BCUT2D eigenvalue weighted by atomic mass is 10.0. The number of nitrogens with zero attached hydrogens (tertiary/aromatic N) is 1. The quantitative estimate of drug-likeness (QED) is 0.390. The fourth-order valence-electron chi connectivity index (χ4n) is 3.36. The van der Waals surface area contributed by atoms with Crippen molar-refractivity contribution in [2.45, 2.75) is 45.6 Å². The van der Waals surface area contributed by atoms with Crippen molar-refractivity contribution in [3.63, 3.8) is 0 Å². The highest BCUT2D eigenvalue weighted by molar-refractivity contribution is 7.18. The van der Waals surface area contributed by atoms with Crippen LogP contribution >= 0.6 is 11.3 Å². The third kappa shape index (κ3) is 6.07. The highest BCUT2D eigenvalue weighted by atomic mass is 32.1. The molecule has 1 atom stereocenters. The van der Waals surface area contributed by atoms with Gasteiger partial charge in [-0.1, -0.05) is 25.1 Å². The number of hydrogen-bond donors (Lipinski definition) is 4. The number of amidine groups is 1. The number of carbonyl (C=O) groups is 2. The van der Waals surface area contributed by atoms with Gasteiger partial charge in [0.05, 0.1) is 22.3 Å². The maximum atomic E-state index is 11.9. The first-order valence-electron chi connectivity index (χ1n) is 10.6. The third-order valence-corrected chi connectivity index (χ3v) is 5.92. The summed E-state index contributed by atoms with van der Waals surface area (Å²) >= 11 is 1.47. The second kappa shape index (κ2) is 10.8. The maximum Gasteiger partial charge on any atom is 0.307 e. The molecule has 1 aliphatic heterocycles. The number of anilines is 2. The Labute approximate surface area is 192 Å². The van der Waals surface area contributed by atoms with Gasteiger partial charge in [0.15, 0.2) is 0 Å². The number of rotatable bonds is 10. The summed E-state index contributed by atoms with van der Waals surface area (Å²) in [5, 5.41) is 19.5. The molecule has 32 heavy (non-hydrogen) atoms. The number of benzene rings is 1. The van der Waals surface area contributed by atoms with Crippen molar-refractivity contribution in [1.29, 1.82) is 0 Å². The molecule has 4 N–H and O–H groups in total. The molecule has 1 amide bonds. The van der Waals surface area contributed by atoms with Gasteiger partial charge in [-0.3, -0.25) is 14.6 Å². The van der Waals surface area contributed by atoms with Crippen LogP contribution in [0.4, 0.5) is 10.7 Å². The summed E-state index contributed by atoms with van der Waals surface area (Å²) in [5.41, 5.74) is 2.66. The molecule has 1 aromatic heterocycles. The van der Waals surface area contributed by atoms with Crippen LogP contribution in [0.15, 0.2) is 65.4 Å². The minimum Gasteiger partial charge on any atom is -0.481 e. The van der Waals surface area contributed by atoms with Gasteiger partial charge in [0.1, 0.15) is 11.7 Å². The van der Waals surface area contributed by atoms with E-state index in [2.05, 4.69) is 22.5 Å². The van der Waals surface area contributed by atoms with Gasteiger partial charge in [0, 0.05) is 12.1 Å². The monoisotopic (exact) mass is 452 g/mol. The number of aliphatic carboxylic acids is 1. The number of allylic oxidation sites excluding steroid dienone is 1. The number of carbonyl (C=O) groups excluding carboxylic acids is 1. The second-order valence-corrected chi connectivity index (χ2v) is 8.61. The van der Waals surface area contributed by atoms with Crippen LogP contribution < -0.4 is 16.0 Å². The van der Waals surface area contributed by atoms with Crippen molar-refractivity contribution in [2.75, 3.05) is 10.6 Å². The van der Waals surface area contributed by atoms with E-state index in [1.807, 2.05) is 44.2 Å². The molecule has 2 aromatic rings. The average Bonchev–Trinajstić information content (AvgIpc) is 3.20. The average molecular weight is 453 g/mol. The summed E-state index contributed by atoms with van der Waals surface area (Å²) in [6.07, 6.45) is 3.81. The number of carboxylic acid groups (broad SMARTS) is 1. The molecule has 0 radical (unpaired) electrons. The molecule has 0 spiro atoms. The summed E-state index contributed by atoms with van der Waals surface area (Å²) in [6, 6.07) is 11.1. The molecule has 2 heterocycles. The Bertz CT molecular complexity index is 1050. The van der Waals surface area contributed by atoms with Gasteiger partial charge in [-0.25, -0.2) is 0 Å². The van der Waals surface area contributed by atoms with E-state index in [0.29, 0.717) is 12.8 Å². The van der Waals surface area contributed by atoms with Crippen LogP contribution in [0.1, 0.15) is 43.6 Å². The number of nitrogens with one attached hydrogen (secondary N) is 3. The van der Waals surface area contributed by atoms with Gasteiger partial charge >= 0.3 is 5.97 Å². The predicted octanol–water partition coefficient (Wildman–Crippen LogP) is 4.75. The Morgan fingerprint density at radius 2 is 2.00 bits per heavy atom. The molecular weight excluding hydrogens is 424 g/mol. The Morgan fingerprint density at radius 3 is 2.66 bits per heavy atom. The second-order valence-electron chi connectivity index (χ2n) is 7.53. The zero-order valence-corrected chi connectivity index (χ0v) is 19.1. The van der Waals surface area contributed by atoms with Gasteiger partial charge in [0.2, 0.25) is 5.91 Å². The molecule has 1 aromatic carbocycles. The van der Waals surface area contributed by atoms with Gasteiger partial charge in [-0.2, -0.15) is 0 Å². The first-order chi connectivity index (χ1) is 15.4. The van der Waals surface area contributed by atoms with Crippen molar-refractivity contribution < 1.29 is 14.7 Å². The van der Waals surface area contributed by atoms with Crippen LogP contribution in [0.3, 0.4) is 0 Å². The van der Waals surface area contributed by atoms with E-state index in [9.17, 15) is 9.59 Å². The molecule has 1 aliphatic rings. The normalized spacial score (nSPS) is 15.6. The van der Waals surface area contributed by atoms with Gasteiger partial charge < -0.3 is 21.1 Å². The van der Waals surface area contributed by atoms with Crippen LogP contribution in [-0.4, -0.2) is 28.9 Å². The smallest absolute Gasteiger partial charge is 0.307 e. The Morgan fingerprint density at radius 1 is 1.25 bits per heavy atom. The van der Waals surface area contributed by atoms with Crippen molar-refractivity contribution in [3.05, 3.63) is 70.9 Å². The molecule has 0 saturated heterocycles. The standard InChI is InChI=1S/C24H28N4O3S/c1-4-6-18-15(3)25-24(19-12-13-21(32-19)27-20(29)7-5-2)28-23(18)26-17-10-8-16(9-11-17)14-22(30)31/h4,8-13,15,26H,1,5-7,14H2,2-3H3,(H,25,28)(H,27,29)(H,30,31). The molecule has 0 aliphatic carbocycles. The largest absolute Gasteiger partial charge is 0.481 e. The molecule has 1 unspecified atom stereocenters. The number of amides is 1. The molecule has 0 fully saturated rings. The van der Waals surface area contributed by atoms with Crippen LogP contribution in [0.25, 0.3) is 0 Å². The number of aliphatic imine (C=N–C) groups is 1. The first-order valence-corrected chi connectivity index (χ1v) is 11.4. The molecule has 0 bridgehead atoms. The summed E-state index contributed by atoms with van der Waals surface area (Å²) in [7, 11) is 0. The van der Waals surface area contributed by atoms with Crippen LogP contribution in [0.5, 0.6) is 0 Å².